The number of hydrogen-bond donors (Lipinski definition) is 1. The number of hydrogen-bond acceptors (Lipinski definition) is 5. The lowest BCUT2D eigenvalue weighted by Crippen LogP contribution is -2.27. The SMILES string of the molecule is O=C(CCc1ncc(-c2ccccc2F)o1)Nc1cccc(S(=O)(=O)N2CCCC2)c1. The molecule has 1 fully saturated rings. The normalized spacial score (nSPS) is 14.6. The minimum absolute atomic E-state index is 0.0837. The summed E-state index contributed by atoms with van der Waals surface area (Å²) >= 11 is 0. The maximum Gasteiger partial charge on any atom is 0.243 e. The van der Waals surface area contributed by atoms with Crippen molar-refractivity contribution >= 4 is 21.6 Å². The van der Waals surface area contributed by atoms with Crippen LogP contribution in [-0.4, -0.2) is 36.7 Å². The molecule has 9 heteroatoms. The van der Waals surface area contributed by atoms with Crippen LogP contribution in [0.15, 0.2) is 64.0 Å². The number of oxazole rings is 1. The molecule has 2 aromatic carbocycles. The Morgan fingerprint density at radius 2 is 1.90 bits per heavy atom. The number of benzene rings is 2. The molecule has 0 bridgehead atoms. The van der Waals surface area contributed by atoms with Crippen molar-refractivity contribution < 1.29 is 22.0 Å². The lowest BCUT2D eigenvalue weighted by molar-refractivity contribution is -0.116. The minimum Gasteiger partial charge on any atom is -0.441 e. The highest BCUT2D eigenvalue weighted by atomic mass is 32.2. The van der Waals surface area contributed by atoms with Crippen LogP contribution in [0.4, 0.5) is 10.1 Å². The number of amides is 1. The van der Waals surface area contributed by atoms with E-state index in [1.54, 1.807) is 30.3 Å². The number of anilines is 1. The Bertz CT molecular complexity index is 1190. The van der Waals surface area contributed by atoms with Crippen molar-refractivity contribution in [3.8, 4) is 11.3 Å². The van der Waals surface area contributed by atoms with E-state index < -0.39 is 15.8 Å². The van der Waals surface area contributed by atoms with Gasteiger partial charge in [0, 0.05) is 31.6 Å². The summed E-state index contributed by atoms with van der Waals surface area (Å²) in [4.78, 5) is 16.6. The Morgan fingerprint density at radius 3 is 2.68 bits per heavy atom. The molecule has 0 aliphatic carbocycles. The van der Waals surface area contributed by atoms with Crippen LogP contribution in [0.25, 0.3) is 11.3 Å². The third-order valence-electron chi connectivity index (χ3n) is 5.08. The van der Waals surface area contributed by atoms with Crippen LogP contribution < -0.4 is 5.32 Å². The van der Waals surface area contributed by atoms with Gasteiger partial charge in [-0.1, -0.05) is 18.2 Å². The van der Waals surface area contributed by atoms with E-state index in [1.807, 2.05) is 0 Å². The number of nitrogens with zero attached hydrogens (tertiary/aromatic N) is 2. The van der Waals surface area contributed by atoms with E-state index in [0.717, 1.165) is 12.8 Å². The molecule has 7 nitrogen and oxygen atoms in total. The van der Waals surface area contributed by atoms with E-state index in [-0.39, 0.29) is 23.6 Å². The van der Waals surface area contributed by atoms with E-state index in [9.17, 15) is 17.6 Å². The van der Waals surface area contributed by atoms with Crippen LogP contribution in [-0.2, 0) is 21.2 Å². The molecular weight excluding hydrogens is 421 g/mol. The van der Waals surface area contributed by atoms with Crippen LogP contribution in [0.1, 0.15) is 25.2 Å². The van der Waals surface area contributed by atoms with Gasteiger partial charge in [0.1, 0.15) is 5.82 Å². The first-order valence-electron chi connectivity index (χ1n) is 10.0. The molecule has 4 rings (SSSR count). The molecule has 1 N–H and O–H groups in total. The Labute approximate surface area is 180 Å². The van der Waals surface area contributed by atoms with Crippen molar-refractivity contribution in [1.29, 1.82) is 0 Å². The second kappa shape index (κ2) is 8.99. The topological polar surface area (TPSA) is 92.5 Å². The lowest BCUT2D eigenvalue weighted by atomic mass is 10.2. The van der Waals surface area contributed by atoms with Gasteiger partial charge in [0.15, 0.2) is 11.7 Å². The Balaban J connectivity index is 1.37. The van der Waals surface area contributed by atoms with Crippen LogP contribution in [0.2, 0.25) is 0 Å². The maximum absolute atomic E-state index is 13.9. The number of carbonyl (C=O) groups is 1. The second-order valence-corrected chi connectivity index (χ2v) is 9.22. The molecule has 1 aromatic heterocycles. The number of carbonyl (C=O) groups excluding carboxylic acids is 1. The van der Waals surface area contributed by atoms with Gasteiger partial charge in [-0.05, 0) is 43.2 Å². The van der Waals surface area contributed by atoms with Crippen molar-refractivity contribution in [2.24, 2.45) is 0 Å². The van der Waals surface area contributed by atoms with Crippen LogP contribution in [0.3, 0.4) is 0 Å². The molecule has 3 aromatic rings. The zero-order chi connectivity index (χ0) is 21.8. The van der Waals surface area contributed by atoms with E-state index in [2.05, 4.69) is 10.3 Å². The van der Waals surface area contributed by atoms with Gasteiger partial charge in [-0.2, -0.15) is 4.31 Å². The zero-order valence-electron chi connectivity index (χ0n) is 16.8. The first kappa shape index (κ1) is 21.2. The summed E-state index contributed by atoms with van der Waals surface area (Å²) < 4.78 is 46.3. The molecule has 162 valence electrons. The van der Waals surface area contributed by atoms with E-state index >= 15 is 0 Å². The number of nitrogens with one attached hydrogen (secondary N) is 1. The molecule has 2 heterocycles. The Morgan fingerprint density at radius 1 is 1.13 bits per heavy atom. The molecular formula is C22H22FN3O4S. The third-order valence-corrected chi connectivity index (χ3v) is 6.97. The summed E-state index contributed by atoms with van der Waals surface area (Å²) in [5, 5.41) is 2.71. The van der Waals surface area contributed by atoms with Gasteiger partial charge in [0.05, 0.1) is 16.7 Å². The zero-order valence-corrected chi connectivity index (χ0v) is 17.6. The Kier molecular flexibility index (Phi) is 6.15. The van der Waals surface area contributed by atoms with E-state index in [0.29, 0.717) is 36.0 Å². The van der Waals surface area contributed by atoms with Gasteiger partial charge in [-0.3, -0.25) is 4.79 Å². The molecule has 1 amide bonds. The van der Waals surface area contributed by atoms with Crippen molar-refractivity contribution in [1.82, 2.24) is 9.29 Å². The fraction of sp³-hybridized carbons (Fsp3) is 0.273. The monoisotopic (exact) mass is 443 g/mol. The fourth-order valence-electron chi connectivity index (χ4n) is 3.47. The summed E-state index contributed by atoms with van der Waals surface area (Å²) in [5.74, 6) is -0.0971. The summed E-state index contributed by atoms with van der Waals surface area (Å²) in [6.07, 6.45) is 3.45. The van der Waals surface area contributed by atoms with E-state index in [4.69, 9.17) is 4.42 Å². The number of sulfonamides is 1. The molecule has 0 unspecified atom stereocenters. The van der Waals surface area contributed by atoms with Crippen molar-refractivity contribution in [3.05, 3.63) is 66.4 Å². The fourth-order valence-corrected chi connectivity index (χ4v) is 5.03. The molecule has 1 aliphatic heterocycles. The van der Waals surface area contributed by atoms with Crippen LogP contribution in [0.5, 0.6) is 0 Å². The molecule has 1 saturated heterocycles. The van der Waals surface area contributed by atoms with Gasteiger partial charge in [0.25, 0.3) is 0 Å². The highest BCUT2D eigenvalue weighted by molar-refractivity contribution is 7.89. The predicted molar refractivity (Wildman–Crippen MR) is 113 cm³/mol. The van der Waals surface area contributed by atoms with Crippen molar-refractivity contribution in [2.75, 3.05) is 18.4 Å². The summed E-state index contributed by atoms with van der Waals surface area (Å²) in [6, 6.07) is 12.5. The molecule has 0 saturated carbocycles. The average Bonchev–Trinajstić information content (AvgIpc) is 3.46. The smallest absolute Gasteiger partial charge is 0.243 e. The van der Waals surface area contributed by atoms with Gasteiger partial charge in [0.2, 0.25) is 15.9 Å². The summed E-state index contributed by atoms with van der Waals surface area (Å²) in [6.45, 7) is 1.04. The van der Waals surface area contributed by atoms with Gasteiger partial charge in [-0.25, -0.2) is 17.8 Å². The molecule has 0 atom stereocenters. The second-order valence-electron chi connectivity index (χ2n) is 7.29. The van der Waals surface area contributed by atoms with Crippen LogP contribution in [0, 0.1) is 5.82 Å². The summed E-state index contributed by atoms with van der Waals surface area (Å²) in [7, 11) is -3.55. The highest BCUT2D eigenvalue weighted by Crippen LogP contribution is 2.25. The average molecular weight is 444 g/mol. The standard InChI is InChI=1S/C22H22FN3O4S/c23-19-9-2-1-8-18(19)20-15-24-22(30-20)11-10-21(27)25-16-6-5-7-17(14-16)31(28,29)26-12-3-4-13-26/h1-2,5-9,14-15H,3-4,10-13H2,(H,25,27). The maximum atomic E-state index is 13.9. The van der Waals surface area contributed by atoms with Crippen molar-refractivity contribution in [2.45, 2.75) is 30.6 Å². The van der Waals surface area contributed by atoms with Crippen LogP contribution >= 0.6 is 0 Å². The van der Waals surface area contributed by atoms with E-state index in [1.165, 1.54) is 28.7 Å². The minimum atomic E-state index is -3.55. The number of rotatable bonds is 7. The summed E-state index contributed by atoms with van der Waals surface area (Å²) in [5.41, 5.74) is 0.714. The molecule has 0 spiro atoms. The van der Waals surface area contributed by atoms with Crippen molar-refractivity contribution in [3.63, 3.8) is 0 Å². The molecule has 31 heavy (non-hydrogen) atoms. The highest BCUT2D eigenvalue weighted by Gasteiger charge is 2.27. The van der Waals surface area contributed by atoms with Gasteiger partial charge >= 0.3 is 0 Å². The van der Waals surface area contributed by atoms with Gasteiger partial charge < -0.3 is 9.73 Å². The van der Waals surface area contributed by atoms with Gasteiger partial charge in [-0.15, -0.1) is 0 Å². The predicted octanol–water partition coefficient (Wildman–Crippen LogP) is 3.84. The first-order valence-corrected chi connectivity index (χ1v) is 11.5. The number of aromatic nitrogens is 1. The Hall–Kier alpha value is -3.04. The third kappa shape index (κ3) is 4.83. The molecule has 1 aliphatic rings. The number of halogens is 1. The first-order chi connectivity index (χ1) is 14.9. The number of aryl methyl sites for hydroxylation is 1. The molecule has 0 radical (unpaired) electrons. The quantitative estimate of drug-likeness (QED) is 0.599. The lowest BCUT2D eigenvalue weighted by Gasteiger charge is -2.16. The largest absolute Gasteiger partial charge is 0.441 e.